The molecule has 3 N–H and O–H groups in total. The number of rotatable bonds is 2. The molecule has 21 heavy (non-hydrogen) atoms. The monoisotopic (exact) mass is 282 g/mol. The number of methoxy groups -OCH3 is 1. The lowest BCUT2D eigenvalue weighted by Crippen LogP contribution is -1.98. The Morgan fingerprint density at radius 3 is 2.71 bits per heavy atom. The highest BCUT2D eigenvalue weighted by Gasteiger charge is 2.11. The van der Waals surface area contributed by atoms with Gasteiger partial charge in [-0.1, -0.05) is 6.07 Å². The normalized spacial score (nSPS) is 10.8. The summed E-state index contributed by atoms with van der Waals surface area (Å²) in [5.74, 6) is 0.797. The minimum Gasteiger partial charge on any atom is -0.506 e. The molecular formula is C15H14N4O2. The highest BCUT2D eigenvalue weighted by atomic mass is 16.5. The number of nitrogens with zero attached hydrogens (tertiary/aromatic N) is 3. The molecule has 6 heteroatoms. The third-order valence-electron chi connectivity index (χ3n) is 3.31. The lowest BCUT2D eigenvalue weighted by molar-refractivity contribution is 0.415. The number of hydrogen-bond acceptors (Lipinski definition) is 6. The second-order valence-corrected chi connectivity index (χ2v) is 4.71. The summed E-state index contributed by atoms with van der Waals surface area (Å²) in [5, 5.41) is 17.8. The van der Waals surface area contributed by atoms with E-state index in [2.05, 4.69) is 15.2 Å². The van der Waals surface area contributed by atoms with Crippen LogP contribution in [0.5, 0.6) is 11.5 Å². The van der Waals surface area contributed by atoms with E-state index < -0.39 is 0 Å². The van der Waals surface area contributed by atoms with Gasteiger partial charge in [0.1, 0.15) is 22.5 Å². The molecule has 0 aliphatic rings. The molecule has 1 aromatic heterocycles. The molecular weight excluding hydrogens is 268 g/mol. The fourth-order valence-electron chi connectivity index (χ4n) is 2.23. The Bertz CT molecular complexity index is 833. The van der Waals surface area contributed by atoms with Crippen molar-refractivity contribution in [1.29, 1.82) is 0 Å². The molecule has 3 aromatic rings. The van der Waals surface area contributed by atoms with E-state index in [9.17, 15) is 5.11 Å². The van der Waals surface area contributed by atoms with Crippen molar-refractivity contribution >= 4 is 17.0 Å². The third kappa shape index (κ3) is 2.31. The van der Waals surface area contributed by atoms with Crippen LogP contribution in [0.2, 0.25) is 0 Å². The maximum Gasteiger partial charge on any atom is 0.240 e. The van der Waals surface area contributed by atoms with Crippen LogP contribution in [0.4, 0.5) is 5.95 Å². The summed E-state index contributed by atoms with van der Waals surface area (Å²) in [6.07, 6.45) is 0. The van der Waals surface area contributed by atoms with Gasteiger partial charge in [-0.3, -0.25) is 0 Å². The van der Waals surface area contributed by atoms with Crippen LogP contribution in [-0.2, 0) is 0 Å². The quantitative estimate of drug-likeness (QED) is 0.749. The van der Waals surface area contributed by atoms with Crippen molar-refractivity contribution in [2.45, 2.75) is 6.92 Å². The highest BCUT2D eigenvalue weighted by molar-refractivity contribution is 5.87. The van der Waals surface area contributed by atoms with E-state index in [4.69, 9.17) is 10.5 Å². The first kappa shape index (κ1) is 13.1. The van der Waals surface area contributed by atoms with E-state index in [1.807, 2.05) is 31.2 Å². The van der Waals surface area contributed by atoms with Crippen LogP contribution in [0.1, 0.15) is 5.56 Å². The van der Waals surface area contributed by atoms with Crippen LogP contribution in [-0.4, -0.2) is 27.4 Å². The molecule has 3 rings (SSSR count). The van der Waals surface area contributed by atoms with Gasteiger partial charge in [-0.05, 0) is 47.9 Å². The average molecular weight is 282 g/mol. The molecule has 0 amide bonds. The van der Waals surface area contributed by atoms with Gasteiger partial charge in [-0.25, -0.2) is 4.98 Å². The fourth-order valence-corrected chi connectivity index (χ4v) is 2.23. The molecule has 0 radical (unpaired) electrons. The van der Waals surface area contributed by atoms with Crippen LogP contribution >= 0.6 is 0 Å². The van der Waals surface area contributed by atoms with Crippen LogP contribution in [0, 0.1) is 6.92 Å². The molecule has 0 atom stereocenters. The number of nitrogens with two attached hydrogens (primary N) is 1. The first-order chi connectivity index (χ1) is 10.1. The number of aromatic hydroxyl groups is 1. The zero-order valence-electron chi connectivity index (χ0n) is 11.7. The zero-order valence-corrected chi connectivity index (χ0v) is 11.7. The van der Waals surface area contributed by atoms with E-state index in [1.54, 1.807) is 13.2 Å². The number of aryl methyl sites for hydroxylation is 1. The molecule has 0 bridgehead atoms. The molecule has 1 heterocycles. The predicted octanol–water partition coefficient (Wildman–Crippen LogP) is 2.30. The summed E-state index contributed by atoms with van der Waals surface area (Å²) in [6, 6.07) is 9.21. The number of benzene rings is 2. The number of phenolic OH excluding ortho intramolecular Hbond substituents is 1. The van der Waals surface area contributed by atoms with E-state index in [1.165, 1.54) is 0 Å². The topological polar surface area (TPSA) is 94.2 Å². The molecule has 6 nitrogen and oxygen atoms in total. The van der Waals surface area contributed by atoms with Gasteiger partial charge < -0.3 is 15.6 Å². The van der Waals surface area contributed by atoms with Gasteiger partial charge in [-0.2, -0.15) is 0 Å². The molecule has 0 spiro atoms. The summed E-state index contributed by atoms with van der Waals surface area (Å²) in [7, 11) is 1.62. The Balaban J connectivity index is 2.24. The molecule has 106 valence electrons. The van der Waals surface area contributed by atoms with Crippen molar-refractivity contribution < 1.29 is 9.84 Å². The van der Waals surface area contributed by atoms with Gasteiger partial charge in [0, 0.05) is 0 Å². The Labute approximate surface area is 121 Å². The summed E-state index contributed by atoms with van der Waals surface area (Å²) in [5.41, 5.74) is 9.15. The number of aromatic nitrogens is 3. The minimum atomic E-state index is 0.0197. The van der Waals surface area contributed by atoms with E-state index in [0.717, 1.165) is 22.4 Å². The summed E-state index contributed by atoms with van der Waals surface area (Å²) >= 11 is 0. The number of phenols is 1. The first-order valence-corrected chi connectivity index (χ1v) is 6.36. The molecule has 0 saturated heterocycles. The van der Waals surface area contributed by atoms with Crippen LogP contribution < -0.4 is 10.5 Å². The van der Waals surface area contributed by atoms with Crippen molar-refractivity contribution in [2.24, 2.45) is 0 Å². The first-order valence-electron chi connectivity index (χ1n) is 6.36. The average Bonchev–Trinajstić information content (AvgIpc) is 2.48. The zero-order chi connectivity index (χ0) is 15.0. The maximum atomic E-state index is 10.1. The second-order valence-electron chi connectivity index (χ2n) is 4.71. The molecule has 0 aliphatic heterocycles. The van der Waals surface area contributed by atoms with Crippen LogP contribution in [0.3, 0.4) is 0 Å². The smallest absolute Gasteiger partial charge is 0.240 e. The Morgan fingerprint density at radius 1 is 1.14 bits per heavy atom. The number of fused-ring (bicyclic) bond motifs is 1. The Morgan fingerprint density at radius 2 is 1.95 bits per heavy atom. The highest BCUT2D eigenvalue weighted by Crippen LogP contribution is 2.33. The Kier molecular flexibility index (Phi) is 3.06. The molecule has 0 unspecified atom stereocenters. The number of ether oxygens (including phenoxy) is 1. The van der Waals surface area contributed by atoms with Crippen molar-refractivity contribution in [3.05, 3.63) is 35.9 Å². The minimum absolute atomic E-state index is 0.0197. The van der Waals surface area contributed by atoms with Crippen LogP contribution in [0.15, 0.2) is 30.3 Å². The van der Waals surface area contributed by atoms with Crippen molar-refractivity contribution in [3.8, 4) is 22.6 Å². The summed E-state index contributed by atoms with van der Waals surface area (Å²) in [4.78, 5) is 4.00. The fraction of sp³-hybridized carbons (Fsp3) is 0.133. The van der Waals surface area contributed by atoms with E-state index >= 15 is 0 Å². The lowest BCUT2D eigenvalue weighted by Gasteiger charge is -2.10. The van der Waals surface area contributed by atoms with Gasteiger partial charge in [0.05, 0.1) is 7.11 Å². The predicted molar refractivity (Wildman–Crippen MR) is 80.1 cm³/mol. The standard InChI is InChI=1S/C15H14N4O2/c1-8-3-4-10(21-2)7-11(8)9-5-12-14(13(20)6-9)17-15(16)19-18-12/h3-7,20H,1-2H3,(H2,16,17,19). The molecule has 0 aliphatic carbocycles. The van der Waals surface area contributed by atoms with Crippen molar-refractivity contribution in [3.63, 3.8) is 0 Å². The number of hydrogen-bond donors (Lipinski definition) is 2. The second kappa shape index (κ2) is 4.90. The van der Waals surface area contributed by atoms with Gasteiger partial charge in [0.25, 0.3) is 0 Å². The SMILES string of the molecule is COc1ccc(C)c(-c2cc(O)c3nc(N)nnc3c2)c1. The molecule has 2 aromatic carbocycles. The van der Waals surface area contributed by atoms with E-state index in [-0.39, 0.29) is 11.7 Å². The number of anilines is 1. The third-order valence-corrected chi connectivity index (χ3v) is 3.31. The van der Waals surface area contributed by atoms with E-state index in [0.29, 0.717) is 11.0 Å². The maximum absolute atomic E-state index is 10.1. The number of nitrogen functional groups attached to an aromatic ring is 1. The Hall–Kier alpha value is -2.89. The van der Waals surface area contributed by atoms with Crippen molar-refractivity contribution in [1.82, 2.24) is 15.2 Å². The van der Waals surface area contributed by atoms with Crippen LogP contribution in [0.25, 0.3) is 22.2 Å². The largest absolute Gasteiger partial charge is 0.506 e. The molecule has 0 fully saturated rings. The summed E-state index contributed by atoms with van der Waals surface area (Å²) in [6.45, 7) is 1.99. The van der Waals surface area contributed by atoms with Gasteiger partial charge in [0.2, 0.25) is 5.95 Å². The van der Waals surface area contributed by atoms with Gasteiger partial charge in [0.15, 0.2) is 0 Å². The van der Waals surface area contributed by atoms with Gasteiger partial charge in [-0.15, -0.1) is 10.2 Å². The van der Waals surface area contributed by atoms with Gasteiger partial charge >= 0.3 is 0 Å². The summed E-state index contributed by atoms with van der Waals surface area (Å²) < 4.78 is 5.25. The lowest BCUT2D eigenvalue weighted by atomic mass is 9.99. The molecule has 0 saturated carbocycles. The van der Waals surface area contributed by atoms with Crippen molar-refractivity contribution in [2.75, 3.05) is 12.8 Å².